The molecule has 1 rings (SSSR count). The molecule has 1 fully saturated rings. The first-order chi connectivity index (χ1) is 9.01. The second-order valence-electron chi connectivity index (χ2n) is 3.89. The van der Waals surface area contributed by atoms with Crippen LogP contribution in [0.25, 0.3) is 0 Å². The van der Waals surface area contributed by atoms with Crippen molar-refractivity contribution in [2.24, 2.45) is 0 Å². The van der Waals surface area contributed by atoms with E-state index in [0.29, 0.717) is 0 Å². The molecule has 0 bridgehead atoms. The van der Waals surface area contributed by atoms with E-state index in [4.69, 9.17) is 14.6 Å². The van der Waals surface area contributed by atoms with Gasteiger partial charge < -0.3 is 29.5 Å². The number of ether oxygens (including phenoxy) is 3. The number of Topliss-reactive ketones (excluding diaryl/α,β-unsaturated/α-hetero) is 1. The third-order valence-electron chi connectivity index (χ3n) is 2.44. The summed E-state index contributed by atoms with van der Waals surface area (Å²) in [6, 6.07) is 0. The highest BCUT2D eigenvalue weighted by molar-refractivity contribution is 6.37. The van der Waals surface area contributed by atoms with Crippen LogP contribution in [0.15, 0.2) is 12.8 Å². The van der Waals surface area contributed by atoms with Gasteiger partial charge in [-0.25, -0.2) is 4.79 Å². The fourth-order valence-electron chi connectivity index (χ4n) is 1.51. The molecule has 8 heteroatoms. The molecule has 19 heavy (non-hydrogen) atoms. The van der Waals surface area contributed by atoms with Crippen molar-refractivity contribution in [1.82, 2.24) is 0 Å². The van der Waals surface area contributed by atoms with Gasteiger partial charge in [0.2, 0.25) is 0 Å². The SMILES string of the molecule is C=COCC(O)COC1C(=O)C(=O)O[C@@H]1[C@@H](O)CO. The van der Waals surface area contributed by atoms with Gasteiger partial charge in [0, 0.05) is 0 Å². The van der Waals surface area contributed by atoms with Crippen molar-refractivity contribution in [2.75, 3.05) is 19.8 Å². The number of esters is 1. The average Bonchev–Trinajstić information content (AvgIpc) is 2.69. The maximum atomic E-state index is 11.4. The molecule has 0 amide bonds. The molecule has 108 valence electrons. The van der Waals surface area contributed by atoms with E-state index < -0.39 is 42.8 Å². The van der Waals surface area contributed by atoms with Crippen molar-refractivity contribution in [1.29, 1.82) is 0 Å². The molecule has 0 aromatic rings. The summed E-state index contributed by atoms with van der Waals surface area (Å²) in [4.78, 5) is 22.5. The van der Waals surface area contributed by atoms with E-state index in [0.717, 1.165) is 6.26 Å². The number of cyclic esters (lactones) is 1. The van der Waals surface area contributed by atoms with Gasteiger partial charge in [-0.3, -0.25) is 4.79 Å². The van der Waals surface area contributed by atoms with Crippen molar-refractivity contribution in [3.05, 3.63) is 12.8 Å². The smallest absolute Gasteiger partial charge is 0.378 e. The Kier molecular flexibility index (Phi) is 5.90. The van der Waals surface area contributed by atoms with Crippen LogP contribution in [0.1, 0.15) is 0 Å². The number of hydrogen-bond acceptors (Lipinski definition) is 8. The standard InChI is InChI=1S/C11H16O8/c1-2-17-4-6(13)5-18-10-8(15)11(16)19-9(10)7(14)3-12/h2,6-7,9-10,12-14H,1,3-5H2/t6?,7-,9+,10?/m0/s1. The summed E-state index contributed by atoms with van der Waals surface area (Å²) < 4.78 is 14.4. The van der Waals surface area contributed by atoms with Crippen molar-refractivity contribution in [2.45, 2.75) is 24.4 Å². The summed E-state index contributed by atoms with van der Waals surface area (Å²) in [5.74, 6) is -2.10. The van der Waals surface area contributed by atoms with Crippen LogP contribution in [0, 0.1) is 0 Å². The minimum absolute atomic E-state index is 0.0908. The monoisotopic (exact) mass is 276 g/mol. The van der Waals surface area contributed by atoms with E-state index in [1.807, 2.05) is 0 Å². The minimum atomic E-state index is -1.43. The Morgan fingerprint density at radius 1 is 1.37 bits per heavy atom. The molecule has 4 atom stereocenters. The lowest BCUT2D eigenvalue weighted by molar-refractivity contribution is -0.152. The third-order valence-corrected chi connectivity index (χ3v) is 2.44. The van der Waals surface area contributed by atoms with Crippen molar-refractivity contribution in [3.8, 4) is 0 Å². The van der Waals surface area contributed by atoms with E-state index in [1.165, 1.54) is 0 Å². The Bertz CT molecular complexity index is 342. The largest absolute Gasteiger partial charge is 0.499 e. The number of ketones is 1. The fraction of sp³-hybridized carbons (Fsp3) is 0.636. The summed E-state index contributed by atoms with van der Waals surface area (Å²) >= 11 is 0. The third kappa shape index (κ3) is 4.00. The molecule has 3 N–H and O–H groups in total. The van der Waals surface area contributed by atoms with Crippen molar-refractivity contribution < 1.29 is 39.1 Å². The normalized spacial score (nSPS) is 25.8. The number of rotatable bonds is 8. The first kappa shape index (κ1) is 15.6. The topological polar surface area (TPSA) is 123 Å². The predicted octanol–water partition coefficient (Wildman–Crippen LogP) is -2.26. The lowest BCUT2D eigenvalue weighted by Crippen LogP contribution is -2.42. The summed E-state index contributed by atoms with van der Waals surface area (Å²) in [7, 11) is 0. The highest BCUT2D eigenvalue weighted by Crippen LogP contribution is 2.19. The van der Waals surface area contributed by atoms with Gasteiger partial charge in [-0.15, -0.1) is 0 Å². The summed E-state index contributed by atoms with van der Waals surface area (Å²) in [5.41, 5.74) is 0. The zero-order chi connectivity index (χ0) is 14.4. The van der Waals surface area contributed by atoms with Gasteiger partial charge in [-0.1, -0.05) is 6.58 Å². The Hall–Kier alpha value is -1.48. The predicted molar refractivity (Wildman–Crippen MR) is 59.9 cm³/mol. The first-order valence-electron chi connectivity index (χ1n) is 5.57. The zero-order valence-corrected chi connectivity index (χ0v) is 10.1. The van der Waals surface area contributed by atoms with Gasteiger partial charge in [-0.05, 0) is 0 Å². The van der Waals surface area contributed by atoms with Gasteiger partial charge in [0.25, 0.3) is 5.78 Å². The van der Waals surface area contributed by atoms with Crippen LogP contribution in [0.4, 0.5) is 0 Å². The van der Waals surface area contributed by atoms with Gasteiger partial charge >= 0.3 is 5.97 Å². The summed E-state index contributed by atoms with van der Waals surface area (Å²) in [6.45, 7) is 2.21. The van der Waals surface area contributed by atoms with Gasteiger partial charge in [0.05, 0.1) is 19.5 Å². The fourth-order valence-corrected chi connectivity index (χ4v) is 1.51. The highest BCUT2D eigenvalue weighted by atomic mass is 16.6. The van der Waals surface area contributed by atoms with Gasteiger partial charge in [0.1, 0.15) is 18.8 Å². The molecule has 2 unspecified atom stereocenters. The van der Waals surface area contributed by atoms with E-state index in [2.05, 4.69) is 11.3 Å². The molecule has 1 heterocycles. The van der Waals surface area contributed by atoms with E-state index in [1.54, 1.807) is 0 Å². The lowest BCUT2D eigenvalue weighted by Gasteiger charge is -2.21. The maximum absolute atomic E-state index is 11.4. The van der Waals surface area contributed by atoms with Gasteiger partial charge in [-0.2, -0.15) is 0 Å². The molecule has 0 saturated carbocycles. The molecule has 1 aliphatic heterocycles. The number of carbonyl (C=O) groups is 2. The molecule has 1 aliphatic rings. The van der Waals surface area contributed by atoms with Crippen molar-refractivity contribution in [3.63, 3.8) is 0 Å². The van der Waals surface area contributed by atoms with E-state index in [-0.39, 0.29) is 13.2 Å². The number of aliphatic hydroxyl groups is 3. The van der Waals surface area contributed by atoms with Crippen LogP contribution in [0.3, 0.4) is 0 Å². The Balaban J connectivity index is 2.55. The zero-order valence-electron chi connectivity index (χ0n) is 10.1. The quantitative estimate of drug-likeness (QED) is 0.258. The van der Waals surface area contributed by atoms with Crippen LogP contribution in [0.5, 0.6) is 0 Å². The molecule has 0 radical (unpaired) electrons. The molecule has 1 saturated heterocycles. The first-order valence-corrected chi connectivity index (χ1v) is 5.57. The van der Waals surface area contributed by atoms with Crippen LogP contribution in [0.2, 0.25) is 0 Å². The van der Waals surface area contributed by atoms with Gasteiger partial charge in [0.15, 0.2) is 12.2 Å². The molecule has 0 aromatic heterocycles. The Morgan fingerprint density at radius 2 is 2.05 bits per heavy atom. The van der Waals surface area contributed by atoms with Crippen LogP contribution in [-0.4, -0.2) is 71.3 Å². The van der Waals surface area contributed by atoms with Crippen LogP contribution < -0.4 is 0 Å². The molecule has 0 spiro atoms. The second kappa shape index (κ2) is 7.19. The Labute approximate surface area is 109 Å². The Morgan fingerprint density at radius 3 is 2.63 bits per heavy atom. The van der Waals surface area contributed by atoms with Crippen LogP contribution >= 0.6 is 0 Å². The molecule has 0 aromatic carbocycles. The second-order valence-corrected chi connectivity index (χ2v) is 3.89. The molecule has 0 aliphatic carbocycles. The molecule has 8 nitrogen and oxygen atoms in total. The number of carbonyl (C=O) groups excluding carboxylic acids is 2. The minimum Gasteiger partial charge on any atom is -0.499 e. The van der Waals surface area contributed by atoms with E-state index >= 15 is 0 Å². The van der Waals surface area contributed by atoms with E-state index in [9.17, 15) is 19.8 Å². The lowest BCUT2D eigenvalue weighted by atomic mass is 10.1. The molecular weight excluding hydrogens is 260 g/mol. The summed E-state index contributed by atoms with van der Waals surface area (Å²) in [6.07, 6.45) is -3.96. The average molecular weight is 276 g/mol. The number of hydrogen-bond donors (Lipinski definition) is 3. The summed E-state index contributed by atoms with van der Waals surface area (Å²) in [5, 5.41) is 27.6. The van der Waals surface area contributed by atoms with Crippen molar-refractivity contribution >= 4 is 11.8 Å². The molecular formula is C11H16O8. The van der Waals surface area contributed by atoms with Crippen LogP contribution in [-0.2, 0) is 23.8 Å². The maximum Gasteiger partial charge on any atom is 0.378 e. The highest BCUT2D eigenvalue weighted by Gasteiger charge is 2.48. The number of aliphatic hydroxyl groups excluding tert-OH is 3.